The second kappa shape index (κ2) is 6.03. The molecule has 1 N–H and O–H groups in total. The summed E-state index contributed by atoms with van der Waals surface area (Å²) in [7, 11) is -3.38. The minimum Gasteiger partial charge on any atom is -0.315 e. The van der Waals surface area contributed by atoms with Crippen LogP contribution >= 0.6 is 0 Å². The molecule has 1 atom stereocenters. The molecule has 0 amide bonds. The third kappa shape index (κ3) is 3.16. The van der Waals surface area contributed by atoms with Crippen LogP contribution in [0.5, 0.6) is 0 Å². The highest BCUT2D eigenvalue weighted by Gasteiger charge is 2.32. The van der Waals surface area contributed by atoms with E-state index in [-0.39, 0.29) is 6.04 Å². The predicted molar refractivity (Wildman–Crippen MR) is 76.6 cm³/mol. The van der Waals surface area contributed by atoms with Crippen molar-refractivity contribution in [3.8, 4) is 0 Å². The van der Waals surface area contributed by atoms with Crippen LogP contribution in [0.4, 0.5) is 0 Å². The third-order valence-electron chi connectivity index (χ3n) is 3.48. The van der Waals surface area contributed by atoms with E-state index < -0.39 is 10.0 Å². The van der Waals surface area contributed by atoms with E-state index in [2.05, 4.69) is 5.32 Å². The molecule has 4 nitrogen and oxygen atoms in total. The minimum atomic E-state index is -3.38. The normalized spacial score (nSPS) is 20.1. The number of hydrogen-bond donors (Lipinski definition) is 1. The Morgan fingerprint density at radius 3 is 2.79 bits per heavy atom. The van der Waals surface area contributed by atoms with E-state index in [4.69, 9.17) is 0 Å². The molecule has 5 heteroatoms. The highest BCUT2D eigenvalue weighted by molar-refractivity contribution is 7.89. The summed E-state index contributed by atoms with van der Waals surface area (Å²) in [5, 5.41) is 3.24. The summed E-state index contributed by atoms with van der Waals surface area (Å²) >= 11 is 0. The Morgan fingerprint density at radius 1 is 1.42 bits per heavy atom. The van der Waals surface area contributed by atoms with Gasteiger partial charge in [0.1, 0.15) is 0 Å². The van der Waals surface area contributed by atoms with Gasteiger partial charge in [0.25, 0.3) is 0 Å². The van der Waals surface area contributed by atoms with Gasteiger partial charge >= 0.3 is 0 Å². The van der Waals surface area contributed by atoms with Gasteiger partial charge in [0.05, 0.1) is 4.90 Å². The maximum absolute atomic E-state index is 12.8. The lowest BCUT2D eigenvalue weighted by molar-refractivity contribution is 0.335. The Balaban J connectivity index is 2.33. The summed E-state index contributed by atoms with van der Waals surface area (Å²) in [5.41, 5.74) is 0.974. The van der Waals surface area contributed by atoms with Gasteiger partial charge in [0.15, 0.2) is 0 Å². The molecule has 1 unspecified atom stereocenters. The molecule has 0 radical (unpaired) electrons. The summed E-state index contributed by atoms with van der Waals surface area (Å²) in [6, 6.07) is 7.25. The molecule has 1 heterocycles. The van der Waals surface area contributed by atoms with E-state index in [0.29, 0.717) is 11.4 Å². The van der Waals surface area contributed by atoms with Crippen molar-refractivity contribution in [1.82, 2.24) is 9.62 Å². The molecule has 1 aliphatic heterocycles. The molecular formula is C14H22N2O2S. The average molecular weight is 282 g/mol. The lowest BCUT2D eigenvalue weighted by Gasteiger charge is -2.27. The lowest BCUT2D eigenvalue weighted by Crippen LogP contribution is -2.42. The van der Waals surface area contributed by atoms with E-state index in [9.17, 15) is 8.42 Å². The zero-order valence-electron chi connectivity index (χ0n) is 11.6. The Hall–Kier alpha value is -0.910. The van der Waals surface area contributed by atoms with Crippen LogP contribution in [0.25, 0.3) is 0 Å². The second-order valence-electron chi connectivity index (χ2n) is 5.08. The van der Waals surface area contributed by atoms with Crippen LogP contribution in [0.3, 0.4) is 0 Å². The second-order valence-corrected chi connectivity index (χ2v) is 6.97. The molecule has 0 aliphatic carbocycles. The minimum absolute atomic E-state index is 0.0884. The maximum Gasteiger partial charge on any atom is 0.243 e. The number of rotatable bonds is 5. The van der Waals surface area contributed by atoms with Crippen molar-refractivity contribution in [2.45, 2.75) is 37.6 Å². The Labute approximate surface area is 115 Å². The number of benzene rings is 1. The first-order chi connectivity index (χ1) is 9.05. The van der Waals surface area contributed by atoms with Crippen LogP contribution in [0.2, 0.25) is 0 Å². The number of sulfonamides is 1. The number of hydrogen-bond acceptors (Lipinski definition) is 3. The van der Waals surface area contributed by atoms with Crippen molar-refractivity contribution in [1.29, 1.82) is 0 Å². The number of aryl methyl sites for hydroxylation is 1. The summed E-state index contributed by atoms with van der Waals surface area (Å²) in [5.74, 6) is 0. The van der Waals surface area contributed by atoms with Crippen molar-refractivity contribution < 1.29 is 8.42 Å². The molecule has 0 spiro atoms. The highest BCUT2D eigenvalue weighted by atomic mass is 32.2. The van der Waals surface area contributed by atoms with Crippen molar-refractivity contribution >= 4 is 10.0 Å². The molecule has 0 aromatic heterocycles. The van der Waals surface area contributed by atoms with Gasteiger partial charge in [-0.05, 0) is 44.0 Å². The first-order valence-electron chi connectivity index (χ1n) is 6.85. The molecule has 19 heavy (non-hydrogen) atoms. The predicted octanol–water partition coefficient (Wildman–Crippen LogP) is 1.76. The monoisotopic (exact) mass is 282 g/mol. The Kier molecular flexibility index (Phi) is 4.60. The van der Waals surface area contributed by atoms with Gasteiger partial charge < -0.3 is 5.32 Å². The molecule has 1 saturated heterocycles. The van der Waals surface area contributed by atoms with Crippen molar-refractivity contribution in [2.75, 3.05) is 19.6 Å². The van der Waals surface area contributed by atoms with E-state index in [1.165, 1.54) is 0 Å². The molecule has 1 aromatic carbocycles. The van der Waals surface area contributed by atoms with Crippen molar-refractivity contribution in [3.05, 3.63) is 29.8 Å². The van der Waals surface area contributed by atoms with E-state index in [0.717, 1.165) is 31.5 Å². The third-order valence-corrected chi connectivity index (χ3v) is 5.43. The van der Waals surface area contributed by atoms with Gasteiger partial charge in [-0.2, -0.15) is 4.31 Å². The van der Waals surface area contributed by atoms with Gasteiger partial charge in [-0.1, -0.05) is 19.1 Å². The first kappa shape index (κ1) is 14.5. The van der Waals surface area contributed by atoms with Gasteiger partial charge in [-0.15, -0.1) is 0 Å². The molecule has 1 aliphatic rings. The van der Waals surface area contributed by atoms with Gasteiger partial charge in [-0.25, -0.2) is 8.42 Å². The smallest absolute Gasteiger partial charge is 0.243 e. The fourth-order valence-corrected chi connectivity index (χ4v) is 4.37. The quantitative estimate of drug-likeness (QED) is 0.895. The van der Waals surface area contributed by atoms with Gasteiger partial charge in [-0.3, -0.25) is 0 Å². The molecule has 106 valence electrons. The fraction of sp³-hybridized carbons (Fsp3) is 0.571. The van der Waals surface area contributed by atoms with Gasteiger partial charge in [0, 0.05) is 19.1 Å². The topological polar surface area (TPSA) is 49.4 Å². The van der Waals surface area contributed by atoms with E-state index >= 15 is 0 Å². The van der Waals surface area contributed by atoms with Gasteiger partial charge in [0.2, 0.25) is 10.0 Å². The number of nitrogens with zero attached hydrogens (tertiary/aromatic N) is 1. The Bertz CT molecular complexity index is 522. The van der Waals surface area contributed by atoms with Crippen molar-refractivity contribution in [3.63, 3.8) is 0 Å². The Morgan fingerprint density at radius 2 is 2.21 bits per heavy atom. The van der Waals surface area contributed by atoms with Crippen LogP contribution in [-0.4, -0.2) is 38.4 Å². The van der Waals surface area contributed by atoms with Crippen LogP contribution in [0.1, 0.15) is 25.3 Å². The van der Waals surface area contributed by atoms with Crippen LogP contribution in [0.15, 0.2) is 29.2 Å². The summed E-state index contributed by atoms with van der Waals surface area (Å²) in [6.07, 6.45) is 1.73. The highest BCUT2D eigenvalue weighted by Crippen LogP contribution is 2.22. The molecule has 0 bridgehead atoms. The van der Waals surface area contributed by atoms with Crippen LogP contribution in [-0.2, 0) is 10.0 Å². The summed E-state index contributed by atoms with van der Waals surface area (Å²) in [4.78, 5) is 0.410. The van der Waals surface area contributed by atoms with Crippen LogP contribution in [0, 0.1) is 6.92 Å². The maximum atomic E-state index is 12.8. The molecule has 2 rings (SSSR count). The summed E-state index contributed by atoms with van der Waals surface area (Å²) < 4.78 is 27.2. The SMILES string of the molecule is CCCN(C1CCNC1)S(=O)(=O)c1cccc(C)c1. The zero-order chi connectivity index (χ0) is 13.9. The average Bonchev–Trinajstić information content (AvgIpc) is 2.89. The van der Waals surface area contributed by atoms with Crippen molar-refractivity contribution in [2.24, 2.45) is 0 Å². The molecule has 1 fully saturated rings. The number of nitrogens with one attached hydrogen (secondary N) is 1. The molecule has 1 aromatic rings. The van der Waals surface area contributed by atoms with Crippen LogP contribution < -0.4 is 5.32 Å². The molecule has 0 saturated carbocycles. The first-order valence-corrected chi connectivity index (χ1v) is 8.29. The van der Waals surface area contributed by atoms with E-state index in [1.54, 1.807) is 22.5 Å². The lowest BCUT2D eigenvalue weighted by atomic mass is 10.2. The standard InChI is InChI=1S/C14H22N2O2S/c1-3-9-16(13-7-8-15-11-13)19(17,18)14-6-4-5-12(2)10-14/h4-6,10,13,15H,3,7-9,11H2,1-2H3. The summed E-state index contributed by atoms with van der Waals surface area (Å²) in [6.45, 7) is 6.17. The van der Waals surface area contributed by atoms with E-state index in [1.807, 2.05) is 19.9 Å². The largest absolute Gasteiger partial charge is 0.315 e. The molecular weight excluding hydrogens is 260 g/mol. The zero-order valence-corrected chi connectivity index (χ0v) is 12.4. The fourth-order valence-electron chi connectivity index (χ4n) is 2.52.